The van der Waals surface area contributed by atoms with E-state index < -0.39 is 0 Å². The van der Waals surface area contributed by atoms with Gasteiger partial charge in [-0.05, 0) is 32.1 Å². The maximum absolute atomic E-state index is 5.36. The van der Waals surface area contributed by atoms with Crippen LogP contribution in [0.3, 0.4) is 0 Å². The van der Waals surface area contributed by atoms with Crippen molar-refractivity contribution in [2.45, 2.75) is 31.8 Å². The van der Waals surface area contributed by atoms with Crippen LogP contribution in [-0.2, 0) is 9.47 Å². The molecule has 2 aliphatic heterocycles. The van der Waals surface area contributed by atoms with Gasteiger partial charge in [0, 0.05) is 13.2 Å². The molecule has 0 bridgehead atoms. The first-order valence-corrected chi connectivity index (χ1v) is 4.50. The molecule has 64 valence electrons. The van der Waals surface area contributed by atoms with Gasteiger partial charge in [0.05, 0.1) is 12.2 Å². The SMILES string of the molecule is CC1(CC2CCOCC2)CO1. The van der Waals surface area contributed by atoms with Gasteiger partial charge in [0.25, 0.3) is 0 Å². The Kier molecular flexibility index (Phi) is 1.90. The van der Waals surface area contributed by atoms with Gasteiger partial charge in [-0.1, -0.05) is 0 Å². The van der Waals surface area contributed by atoms with Gasteiger partial charge in [0.1, 0.15) is 0 Å². The number of hydrogen-bond acceptors (Lipinski definition) is 2. The van der Waals surface area contributed by atoms with E-state index in [-0.39, 0.29) is 5.60 Å². The van der Waals surface area contributed by atoms with Crippen molar-refractivity contribution in [1.82, 2.24) is 0 Å². The van der Waals surface area contributed by atoms with Crippen molar-refractivity contribution in [3.8, 4) is 0 Å². The summed E-state index contributed by atoms with van der Waals surface area (Å²) in [4.78, 5) is 0. The molecule has 2 aliphatic rings. The molecular weight excluding hydrogens is 140 g/mol. The van der Waals surface area contributed by atoms with Crippen molar-refractivity contribution < 1.29 is 9.47 Å². The molecule has 1 unspecified atom stereocenters. The molecule has 0 aromatic rings. The molecule has 2 saturated heterocycles. The van der Waals surface area contributed by atoms with Crippen molar-refractivity contribution >= 4 is 0 Å². The minimum atomic E-state index is 0.252. The van der Waals surface area contributed by atoms with Gasteiger partial charge in [0.2, 0.25) is 0 Å². The van der Waals surface area contributed by atoms with E-state index in [1.165, 1.54) is 19.3 Å². The van der Waals surface area contributed by atoms with Gasteiger partial charge < -0.3 is 9.47 Å². The van der Waals surface area contributed by atoms with Crippen LogP contribution in [0.2, 0.25) is 0 Å². The average Bonchev–Trinajstić information content (AvgIpc) is 2.70. The van der Waals surface area contributed by atoms with Gasteiger partial charge in [-0.25, -0.2) is 0 Å². The van der Waals surface area contributed by atoms with E-state index in [4.69, 9.17) is 9.47 Å². The Hall–Kier alpha value is -0.0800. The molecule has 2 nitrogen and oxygen atoms in total. The standard InChI is InChI=1S/C9H16O2/c1-9(7-11-9)6-8-2-4-10-5-3-8/h8H,2-7H2,1H3. The Morgan fingerprint density at radius 1 is 1.36 bits per heavy atom. The summed E-state index contributed by atoms with van der Waals surface area (Å²) >= 11 is 0. The van der Waals surface area contributed by atoms with Crippen molar-refractivity contribution in [3.05, 3.63) is 0 Å². The van der Waals surface area contributed by atoms with Crippen molar-refractivity contribution in [2.75, 3.05) is 19.8 Å². The third-order valence-corrected chi connectivity index (χ3v) is 2.70. The summed E-state index contributed by atoms with van der Waals surface area (Å²) in [5, 5.41) is 0. The first-order valence-electron chi connectivity index (χ1n) is 4.50. The highest BCUT2D eigenvalue weighted by Crippen LogP contribution is 2.36. The summed E-state index contributed by atoms with van der Waals surface area (Å²) in [6.07, 6.45) is 3.72. The Morgan fingerprint density at radius 3 is 2.55 bits per heavy atom. The van der Waals surface area contributed by atoms with Crippen LogP contribution >= 0.6 is 0 Å². The lowest BCUT2D eigenvalue weighted by Gasteiger charge is -2.23. The predicted molar refractivity (Wildman–Crippen MR) is 42.5 cm³/mol. The van der Waals surface area contributed by atoms with E-state index in [1.807, 2.05) is 0 Å². The maximum atomic E-state index is 5.36. The lowest BCUT2D eigenvalue weighted by molar-refractivity contribution is 0.0564. The second-order valence-corrected chi connectivity index (χ2v) is 4.00. The fourth-order valence-corrected chi connectivity index (χ4v) is 1.80. The number of rotatable bonds is 2. The van der Waals surface area contributed by atoms with E-state index in [9.17, 15) is 0 Å². The summed E-state index contributed by atoms with van der Waals surface area (Å²) < 4.78 is 10.7. The molecular formula is C9H16O2. The summed E-state index contributed by atoms with van der Waals surface area (Å²) in [5.41, 5.74) is 0.252. The van der Waals surface area contributed by atoms with Crippen LogP contribution in [0.1, 0.15) is 26.2 Å². The molecule has 1 atom stereocenters. The highest BCUT2D eigenvalue weighted by Gasteiger charge is 2.41. The van der Waals surface area contributed by atoms with Crippen molar-refractivity contribution in [1.29, 1.82) is 0 Å². The summed E-state index contributed by atoms with van der Waals surface area (Å²) in [5.74, 6) is 0.858. The topological polar surface area (TPSA) is 21.8 Å². The lowest BCUT2D eigenvalue weighted by atomic mass is 9.90. The zero-order valence-corrected chi connectivity index (χ0v) is 7.14. The van der Waals surface area contributed by atoms with E-state index in [2.05, 4.69) is 6.92 Å². The van der Waals surface area contributed by atoms with Gasteiger partial charge in [0.15, 0.2) is 0 Å². The first-order chi connectivity index (χ1) is 5.29. The van der Waals surface area contributed by atoms with Crippen LogP contribution in [0.15, 0.2) is 0 Å². The fourth-order valence-electron chi connectivity index (χ4n) is 1.80. The third-order valence-electron chi connectivity index (χ3n) is 2.70. The molecule has 0 radical (unpaired) electrons. The summed E-state index contributed by atoms with van der Waals surface area (Å²) in [7, 11) is 0. The molecule has 11 heavy (non-hydrogen) atoms. The van der Waals surface area contributed by atoms with Gasteiger partial charge >= 0.3 is 0 Å². The normalized spacial score (nSPS) is 39.0. The quantitative estimate of drug-likeness (QED) is 0.566. The molecule has 0 aliphatic carbocycles. The largest absolute Gasteiger partial charge is 0.381 e. The van der Waals surface area contributed by atoms with Gasteiger partial charge in [-0.2, -0.15) is 0 Å². The predicted octanol–water partition coefficient (Wildman–Crippen LogP) is 1.59. The highest BCUT2D eigenvalue weighted by molar-refractivity contribution is 4.89. The van der Waals surface area contributed by atoms with Gasteiger partial charge in [-0.15, -0.1) is 0 Å². The number of ether oxygens (including phenoxy) is 2. The average molecular weight is 156 g/mol. The molecule has 2 fully saturated rings. The minimum Gasteiger partial charge on any atom is -0.381 e. The van der Waals surface area contributed by atoms with Gasteiger partial charge in [-0.3, -0.25) is 0 Å². The summed E-state index contributed by atoms with van der Waals surface area (Å²) in [6, 6.07) is 0. The zero-order chi connectivity index (χ0) is 7.73. The zero-order valence-electron chi connectivity index (χ0n) is 7.14. The van der Waals surface area contributed by atoms with Crippen LogP contribution in [0, 0.1) is 5.92 Å². The van der Waals surface area contributed by atoms with Crippen molar-refractivity contribution in [3.63, 3.8) is 0 Å². The van der Waals surface area contributed by atoms with Crippen LogP contribution in [0.25, 0.3) is 0 Å². The van der Waals surface area contributed by atoms with Crippen molar-refractivity contribution in [2.24, 2.45) is 5.92 Å². The van der Waals surface area contributed by atoms with E-state index >= 15 is 0 Å². The number of epoxide rings is 1. The molecule has 0 N–H and O–H groups in total. The fraction of sp³-hybridized carbons (Fsp3) is 1.00. The molecule has 2 heteroatoms. The Morgan fingerprint density at radius 2 is 2.00 bits per heavy atom. The Bertz CT molecular complexity index is 134. The molecule has 0 amide bonds. The van der Waals surface area contributed by atoms with Crippen LogP contribution < -0.4 is 0 Å². The number of hydrogen-bond donors (Lipinski definition) is 0. The third kappa shape index (κ3) is 1.94. The van der Waals surface area contributed by atoms with E-state index in [1.54, 1.807) is 0 Å². The maximum Gasteiger partial charge on any atom is 0.0891 e. The molecule has 0 saturated carbocycles. The van der Waals surface area contributed by atoms with E-state index in [0.29, 0.717) is 0 Å². The van der Waals surface area contributed by atoms with Crippen LogP contribution in [-0.4, -0.2) is 25.4 Å². The molecule has 0 aromatic heterocycles. The smallest absolute Gasteiger partial charge is 0.0891 e. The highest BCUT2D eigenvalue weighted by atomic mass is 16.6. The molecule has 2 rings (SSSR count). The minimum absolute atomic E-state index is 0.252. The Labute approximate surface area is 67.9 Å². The monoisotopic (exact) mass is 156 g/mol. The first kappa shape index (κ1) is 7.56. The summed E-state index contributed by atoms with van der Waals surface area (Å²) in [6.45, 7) is 5.11. The molecule has 2 heterocycles. The second-order valence-electron chi connectivity index (χ2n) is 4.00. The molecule has 0 aromatic carbocycles. The van der Waals surface area contributed by atoms with Crippen LogP contribution in [0.5, 0.6) is 0 Å². The Balaban J connectivity index is 1.76. The van der Waals surface area contributed by atoms with E-state index in [0.717, 1.165) is 25.7 Å². The second kappa shape index (κ2) is 2.76. The van der Waals surface area contributed by atoms with Crippen LogP contribution in [0.4, 0.5) is 0 Å². The lowest BCUT2D eigenvalue weighted by Crippen LogP contribution is -2.20. The molecule has 0 spiro atoms.